The van der Waals surface area contributed by atoms with Gasteiger partial charge in [0.05, 0.1) is 19.0 Å². The molecule has 0 fully saturated rings. The lowest BCUT2D eigenvalue weighted by Gasteiger charge is -2.23. The van der Waals surface area contributed by atoms with Crippen LogP contribution < -0.4 is 5.32 Å². The van der Waals surface area contributed by atoms with Gasteiger partial charge in [0.2, 0.25) is 0 Å². The standard InChI is InChI=1S/C13H17N3O/c1-16-13-6-2-5-12(11(13)9-15-16)14-8-10-4-3-7-17-10/h3-4,7,9,12,14H,2,5-6,8H2,1H3. The van der Waals surface area contributed by atoms with E-state index in [1.807, 2.05) is 30.1 Å². The number of aromatic nitrogens is 2. The molecule has 17 heavy (non-hydrogen) atoms. The Morgan fingerprint density at radius 3 is 3.35 bits per heavy atom. The molecule has 90 valence electrons. The Morgan fingerprint density at radius 2 is 2.53 bits per heavy atom. The van der Waals surface area contributed by atoms with Crippen LogP contribution >= 0.6 is 0 Å². The van der Waals surface area contributed by atoms with Crippen LogP contribution in [0.1, 0.15) is 35.9 Å². The van der Waals surface area contributed by atoms with Gasteiger partial charge < -0.3 is 9.73 Å². The summed E-state index contributed by atoms with van der Waals surface area (Å²) in [7, 11) is 2.02. The number of nitrogens with one attached hydrogen (secondary N) is 1. The first-order chi connectivity index (χ1) is 8.34. The number of rotatable bonds is 3. The predicted octanol–water partition coefficient (Wildman–Crippen LogP) is 2.18. The summed E-state index contributed by atoms with van der Waals surface area (Å²) in [4.78, 5) is 0. The van der Waals surface area contributed by atoms with Crippen LogP contribution in [0.3, 0.4) is 0 Å². The van der Waals surface area contributed by atoms with Gasteiger partial charge in [0.15, 0.2) is 0 Å². The van der Waals surface area contributed by atoms with Gasteiger partial charge in [0.25, 0.3) is 0 Å². The lowest BCUT2D eigenvalue weighted by atomic mass is 9.93. The molecule has 1 aliphatic rings. The smallest absolute Gasteiger partial charge is 0.117 e. The molecule has 0 saturated carbocycles. The van der Waals surface area contributed by atoms with E-state index in [0.717, 1.165) is 18.7 Å². The number of nitrogens with zero attached hydrogens (tertiary/aromatic N) is 2. The third-order valence-electron chi connectivity index (χ3n) is 3.48. The highest BCUT2D eigenvalue weighted by Gasteiger charge is 2.22. The zero-order valence-electron chi connectivity index (χ0n) is 10.0. The molecule has 0 bridgehead atoms. The van der Waals surface area contributed by atoms with Crippen molar-refractivity contribution >= 4 is 0 Å². The van der Waals surface area contributed by atoms with Gasteiger partial charge in [-0.05, 0) is 31.4 Å². The molecular weight excluding hydrogens is 214 g/mol. The summed E-state index contributed by atoms with van der Waals surface area (Å²) < 4.78 is 7.33. The molecule has 0 aromatic carbocycles. The van der Waals surface area contributed by atoms with Crippen molar-refractivity contribution in [2.45, 2.75) is 31.8 Å². The van der Waals surface area contributed by atoms with Crippen LogP contribution in [0, 0.1) is 0 Å². The van der Waals surface area contributed by atoms with Crippen molar-refractivity contribution in [2.75, 3.05) is 0 Å². The molecule has 4 heteroatoms. The van der Waals surface area contributed by atoms with Crippen molar-refractivity contribution in [2.24, 2.45) is 7.05 Å². The minimum Gasteiger partial charge on any atom is -0.468 e. The van der Waals surface area contributed by atoms with Crippen molar-refractivity contribution < 1.29 is 4.42 Å². The van der Waals surface area contributed by atoms with E-state index in [-0.39, 0.29) is 0 Å². The van der Waals surface area contributed by atoms with Gasteiger partial charge in [0.1, 0.15) is 5.76 Å². The monoisotopic (exact) mass is 231 g/mol. The van der Waals surface area contributed by atoms with Crippen molar-refractivity contribution in [3.05, 3.63) is 41.6 Å². The molecule has 0 amide bonds. The number of aryl methyl sites for hydroxylation is 1. The van der Waals surface area contributed by atoms with E-state index in [9.17, 15) is 0 Å². The van der Waals surface area contributed by atoms with Crippen LogP contribution in [-0.2, 0) is 20.0 Å². The van der Waals surface area contributed by atoms with Crippen LogP contribution in [0.2, 0.25) is 0 Å². The van der Waals surface area contributed by atoms with Crippen molar-refractivity contribution in [1.82, 2.24) is 15.1 Å². The minimum absolute atomic E-state index is 0.414. The fraction of sp³-hybridized carbons (Fsp3) is 0.462. The van der Waals surface area contributed by atoms with E-state index in [4.69, 9.17) is 4.42 Å². The van der Waals surface area contributed by atoms with E-state index < -0.39 is 0 Å². The molecule has 0 radical (unpaired) electrons. The first-order valence-corrected chi connectivity index (χ1v) is 6.11. The molecule has 1 aliphatic carbocycles. The molecule has 0 spiro atoms. The number of fused-ring (bicyclic) bond motifs is 1. The summed E-state index contributed by atoms with van der Waals surface area (Å²) in [5.41, 5.74) is 2.72. The number of furan rings is 1. The van der Waals surface area contributed by atoms with Gasteiger partial charge in [-0.25, -0.2) is 0 Å². The second-order valence-electron chi connectivity index (χ2n) is 4.58. The van der Waals surface area contributed by atoms with Gasteiger partial charge in [-0.2, -0.15) is 5.10 Å². The number of hydrogen-bond donors (Lipinski definition) is 1. The fourth-order valence-corrected chi connectivity index (χ4v) is 2.56. The van der Waals surface area contributed by atoms with Crippen LogP contribution in [0.25, 0.3) is 0 Å². The van der Waals surface area contributed by atoms with Gasteiger partial charge in [0, 0.05) is 24.3 Å². The third kappa shape index (κ3) is 2.00. The van der Waals surface area contributed by atoms with Crippen LogP contribution in [0.15, 0.2) is 29.0 Å². The first-order valence-electron chi connectivity index (χ1n) is 6.11. The molecule has 2 heterocycles. The molecule has 3 rings (SSSR count). The molecule has 1 N–H and O–H groups in total. The maximum Gasteiger partial charge on any atom is 0.117 e. The van der Waals surface area contributed by atoms with Crippen LogP contribution in [0.4, 0.5) is 0 Å². The Bertz CT molecular complexity index is 487. The highest BCUT2D eigenvalue weighted by Crippen LogP contribution is 2.29. The largest absolute Gasteiger partial charge is 0.468 e. The fourth-order valence-electron chi connectivity index (χ4n) is 2.56. The second-order valence-corrected chi connectivity index (χ2v) is 4.58. The Balaban J connectivity index is 1.72. The van der Waals surface area contributed by atoms with Crippen LogP contribution in [0.5, 0.6) is 0 Å². The average molecular weight is 231 g/mol. The Kier molecular flexibility index (Phi) is 2.73. The molecule has 2 aromatic rings. The SMILES string of the molecule is Cn1ncc2c1CCCC2NCc1ccco1. The van der Waals surface area contributed by atoms with E-state index in [1.54, 1.807) is 6.26 Å². The van der Waals surface area contributed by atoms with Gasteiger partial charge in [-0.1, -0.05) is 0 Å². The van der Waals surface area contributed by atoms with Gasteiger partial charge in [-0.3, -0.25) is 4.68 Å². The highest BCUT2D eigenvalue weighted by atomic mass is 16.3. The molecule has 0 saturated heterocycles. The molecular formula is C13H17N3O. The third-order valence-corrected chi connectivity index (χ3v) is 3.48. The van der Waals surface area contributed by atoms with Gasteiger partial charge >= 0.3 is 0 Å². The molecule has 1 unspecified atom stereocenters. The molecule has 1 atom stereocenters. The molecule has 0 aliphatic heterocycles. The lowest BCUT2D eigenvalue weighted by molar-refractivity contribution is 0.414. The van der Waals surface area contributed by atoms with Crippen LogP contribution in [-0.4, -0.2) is 9.78 Å². The maximum absolute atomic E-state index is 5.33. The second kappa shape index (κ2) is 4.37. The van der Waals surface area contributed by atoms with Crippen molar-refractivity contribution in [3.8, 4) is 0 Å². The summed E-state index contributed by atoms with van der Waals surface area (Å²) in [6, 6.07) is 4.34. The van der Waals surface area contributed by atoms with E-state index in [1.165, 1.54) is 24.1 Å². The van der Waals surface area contributed by atoms with E-state index in [2.05, 4.69) is 10.4 Å². The Morgan fingerprint density at radius 1 is 1.59 bits per heavy atom. The highest BCUT2D eigenvalue weighted by molar-refractivity contribution is 5.24. The maximum atomic E-state index is 5.33. The summed E-state index contributed by atoms with van der Waals surface area (Å²) >= 11 is 0. The average Bonchev–Trinajstić information content (AvgIpc) is 2.97. The van der Waals surface area contributed by atoms with E-state index >= 15 is 0 Å². The Hall–Kier alpha value is -1.55. The lowest BCUT2D eigenvalue weighted by Crippen LogP contribution is -2.24. The summed E-state index contributed by atoms with van der Waals surface area (Å²) in [6.45, 7) is 0.784. The molecule has 2 aromatic heterocycles. The molecule has 4 nitrogen and oxygen atoms in total. The van der Waals surface area contributed by atoms with Crippen molar-refractivity contribution in [1.29, 1.82) is 0 Å². The Labute approximate surface area is 101 Å². The minimum atomic E-state index is 0.414. The zero-order chi connectivity index (χ0) is 11.7. The first kappa shape index (κ1) is 10.6. The van der Waals surface area contributed by atoms with E-state index in [0.29, 0.717) is 6.04 Å². The normalized spacial score (nSPS) is 19.2. The number of hydrogen-bond acceptors (Lipinski definition) is 3. The quantitative estimate of drug-likeness (QED) is 0.880. The predicted molar refractivity (Wildman–Crippen MR) is 64.4 cm³/mol. The van der Waals surface area contributed by atoms with Crippen molar-refractivity contribution in [3.63, 3.8) is 0 Å². The summed E-state index contributed by atoms with van der Waals surface area (Å²) in [6.07, 6.45) is 7.26. The van der Waals surface area contributed by atoms with Gasteiger partial charge in [-0.15, -0.1) is 0 Å². The summed E-state index contributed by atoms with van der Waals surface area (Å²) in [5.74, 6) is 0.987. The topological polar surface area (TPSA) is 43.0 Å². The summed E-state index contributed by atoms with van der Waals surface area (Å²) in [5, 5.41) is 7.89. The zero-order valence-corrected chi connectivity index (χ0v) is 10.0.